The summed E-state index contributed by atoms with van der Waals surface area (Å²) in [7, 11) is 0. The Balaban J connectivity index is 2.13. The molecule has 0 aliphatic rings. The highest BCUT2D eigenvalue weighted by atomic mass is 14.2. The highest BCUT2D eigenvalue weighted by Crippen LogP contribution is 2.23. The van der Waals surface area contributed by atoms with E-state index in [1.54, 1.807) is 0 Å². The lowest BCUT2D eigenvalue weighted by Crippen LogP contribution is -2.11. The van der Waals surface area contributed by atoms with Gasteiger partial charge in [0.1, 0.15) is 0 Å². The predicted molar refractivity (Wildman–Crippen MR) is 93.8 cm³/mol. The van der Waals surface area contributed by atoms with Crippen molar-refractivity contribution in [2.75, 3.05) is 0 Å². The van der Waals surface area contributed by atoms with E-state index in [9.17, 15) is 0 Å². The molecule has 0 aromatic heterocycles. The first kappa shape index (κ1) is 15.6. The SMILES string of the molecule is C=Cc1cc(C)cc(CCc2cccc(C(C)(C)C)c2)c1. The minimum absolute atomic E-state index is 0.218. The highest BCUT2D eigenvalue weighted by molar-refractivity contribution is 5.50. The van der Waals surface area contributed by atoms with E-state index in [0.29, 0.717) is 0 Å². The third kappa shape index (κ3) is 4.32. The van der Waals surface area contributed by atoms with Crippen molar-refractivity contribution >= 4 is 6.08 Å². The van der Waals surface area contributed by atoms with Crippen LogP contribution in [0.5, 0.6) is 0 Å². The van der Waals surface area contributed by atoms with Gasteiger partial charge >= 0.3 is 0 Å². The number of benzene rings is 2. The topological polar surface area (TPSA) is 0 Å². The normalized spacial score (nSPS) is 11.4. The van der Waals surface area contributed by atoms with Gasteiger partial charge in [-0.2, -0.15) is 0 Å². The predicted octanol–water partition coefficient (Wildman–Crippen LogP) is 5.72. The molecule has 2 aromatic rings. The number of hydrogen-bond acceptors (Lipinski definition) is 0. The van der Waals surface area contributed by atoms with Gasteiger partial charge in [-0.25, -0.2) is 0 Å². The van der Waals surface area contributed by atoms with Crippen LogP contribution in [0.4, 0.5) is 0 Å². The van der Waals surface area contributed by atoms with Crippen LogP contribution in [0.25, 0.3) is 6.08 Å². The molecule has 110 valence electrons. The van der Waals surface area contributed by atoms with Gasteiger partial charge in [0.25, 0.3) is 0 Å². The van der Waals surface area contributed by atoms with Gasteiger partial charge in [0, 0.05) is 0 Å². The lowest BCUT2D eigenvalue weighted by atomic mass is 9.85. The number of rotatable bonds is 4. The zero-order valence-corrected chi connectivity index (χ0v) is 13.7. The summed E-state index contributed by atoms with van der Waals surface area (Å²) in [4.78, 5) is 0. The first-order valence-electron chi connectivity index (χ1n) is 7.71. The molecule has 0 saturated carbocycles. The highest BCUT2D eigenvalue weighted by Gasteiger charge is 2.13. The van der Waals surface area contributed by atoms with E-state index in [0.717, 1.165) is 12.8 Å². The molecule has 0 radical (unpaired) electrons. The fourth-order valence-electron chi connectivity index (χ4n) is 2.64. The van der Waals surface area contributed by atoms with Crippen LogP contribution in [-0.2, 0) is 18.3 Å². The first-order chi connectivity index (χ1) is 9.88. The van der Waals surface area contributed by atoms with Gasteiger partial charge in [0.2, 0.25) is 0 Å². The molecule has 0 heterocycles. The van der Waals surface area contributed by atoms with Crippen molar-refractivity contribution in [1.29, 1.82) is 0 Å². The lowest BCUT2D eigenvalue weighted by molar-refractivity contribution is 0.589. The van der Waals surface area contributed by atoms with Crippen molar-refractivity contribution in [2.45, 2.75) is 46.0 Å². The van der Waals surface area contributed by atoms with E-state index in [-0.39, 0.29) is 5.41 Å². The summed E-state index contributed by atoms with van der Waals surface area (Å²) in [5.74, 6) is 0. The summed E-state index contributed by atoms with van der Waals surface area (Å²) in [6, 6.07) is 15.7. The molecule has 0 unspecified atom stereocenters. The van der Waals surface area contributed by atoms with Crippen LogP contribution in [-0.4, -0.2) is 0 Å². The Hall–Kier alpha value is -1.82. The van der Waals surface area contributed by atoms with Crippen LogP contribution < -0.4 is 0 Å². The van der Waals surface area contributed by atoms with Crippen LogP contribution in [0.1, 0.15) is 48.6 Å². The van der Waals surface area contributed by atoms with Gasteiger partial charge in [0.05, 0.1) is 0 Å². The molecule has 0 spiro atoms. The van der Waals surface area contributed by atoms with E-state index < -0.39 is 0 Å². The Morgan fingerprint density at radius 2 is 1.67 bits per heavy atom. The molecule has 0 aliphatic carbocycles. The maximum absolute atomic E-state index is 3.87. The maximum atomic E-state index is 3.87. The van der Waals surface area contributed by atoms with Gasteiger partial charge in [-0.3, -0.25) is 0 Å². The molecular weight excluding hydrogens is 252 g/mol. The molecular formula is C21H26. The second-order valence-electron chi connectivity index (χ2n) is 6.91. The van der Waals surface area contributed by atoms with Crippen molar-refractivity contribution in [3.05, 3.63) is 76.9 Å². The molecule has 21 heavy (non-hydrogen) atoms. The van der Waals surface area contributed by atoms with E-state index in [1.165, 1.54) is 27.8 Å². The van der Waals surface area contributed by atoms with Crippen molar-refractivity contribution in [2.24, 2.45) is 0 Å². The summed E-state index contributed by atoms with van der Waals surface area (Å²) in [6.07, 6.45) is 4.09. The summed E-state index contributed by atoms with van der Waals surface area (Å²) in [6.45, 7) is 12.8. The number of aryl methyl sites for hydroxylation is 3. The molecule has 0 saturated heterocycles. The first-order valence-corrected chi connectivity index (χ1v) is 7.71. The van der Waals surface area contributed by atoms with E-state index in [4.69, 9.17) is 0 Å². The van der Waals surface area contributed by atoms with Crippen LogP contribution in [0.3, 0.4) is 0 Å². The van der Waals surface area contributed by atoms with Crippen LogP contribution in [0, 0.1) is 6.92 Å². The molecule has 0 heteroatoms. The van der Waals surface area contributed by atoms with Crippen molar-refractivity contribution in [1.82, 2.24) is 0 Å². The summed E-state index contributed by atoms with van der Waals surface area (Å²) >= 11 is 0. The molecule has 0 amide bonds. The Morgan fingerprint density at radius 3 is 2.33 bits per heavy atom. The quantitative estimate of drug-likeness (QED) is 0.671. The van der Waals surface area contributed by atoms with Gasteiger partial charge in [0.15, 0.2) is 0 Å². The molecule has 0 N–H and O–H groups in total. The van der Waals surface area contributed by atoms with Crippen molar-refractivity contribution in [3.63, 3.8) is 0 Å². The van der Waals surface area contributed by atoms with Gasteiger partial charge < -0.3 is 0 Å². The standard InChI is InChI=1S/C21H26/c1-6-17-12-16(2)13-19(14-17)11-10-18-8-7-9-20(15-18)21(3,4)5/h6-9,12-15H,1,10-11H2,2-5H3. The zero-order chi connectivity index (χ0) is 15.5. The van der Waals surface area contributed by atoms with Crippen LogP contribution in [0.15, 0.2) is 49.0 Å². The fraction of sp³-hybridized carbons (Fsp3) is 0.333. The second kappa shape index (κ2) is 6.30. The molecule has 2 rings (SSSR count). The summed E-state index contributed by atoms with van der Waals surface area (Å²) in [5, 5.41) is 0. The lowest BCUT2D eigenvalue weighted by Gasteiger charge is -2.19. The Morgan fingerprint density at radius 1 is 0.952 bits per heavy atom. The Kier molecular flexibility index (Phi) is 4.67. The molecule has 2 aromatic carbocycles. The van der Waals surface area contributed by atoms with Crippen LogP contribution >= 0.6 is 0 Å². The van der Waals surface area contributed by atoms with Gasteiger partial charge in [-0.1, -0.05) is 81.5 Å². The van der Waals surface area contributed by atoms with Crippen molar-refractivity contribution < 1.29 is 0 Å². The number of hydrogen-bond donors (Lipinski definition) is 0. The van der Waals surface area contributed by atoms with E-state index >= 15 is 0 Å². The van der Waals surface area contributed by atoms with E-state index in [1.807, 2.05) is 6.08 Å². The molecule has 0 nitrogen and oxygen atoms in total. The monoisotopic (exact) mass is 278 g/mol. The third-order valence-corrected chi connectivity index (χ3v) is 3.89. The summed E-state index contributed by atoms with van der Waals surface area (Å²) in [5.41, 5.74) is 6.97. The molecule has 0 bridgehead atoms. The minimum Gasteiger partial charge on any atom is -0.0985 e. The van der Waals surface area contributed by atoms with Crippen LogP contribution in [0.2, 0.25) is 0 Å². The minimum atomic E-state index is 0.218. The fourth-order valence-corrected chi connectivity index (χ4v) is 2.64. The maximum Gasteiger partial charge on any atom is -0.0132 e. The summed E-state index contributed by atoms with van der Waals surface area (Å²) < 4.78 is 0. The van der Waals surface area contributed by atoms with Gasteiger partial charge in [-0.15, -0.1) is 0 Å². The zero-order valence-electron chi connectivity index (χ0n) is 13.7. The van der Waals surface area contributed by atoms with Gasteiger partial charge in [-0.05, 0) is 47.4 Å². The third-order valence-electron chi connectivity index (χ3n) is 3.89. The molecule has 0 atom stereocenters. The molecule has 0 fully saturated rings. The largest absolute Gasteiger partial charge is 0.0985 e. The Bertz CT molecular complexity index is 627. The average Bonchev–Trinajstić information content (AvgIpc) is 2.44. The Labute approximate surface area is 129 Å². The smallest absolute Gasteiger partial charge is 0.0132 e. The second-order valence-corrected chi connectivity index (χ2v) is 6.91. The molecule has 0 aliphatic heterocycles. The van der Waals surface area contributed by atoms with E-state index in [2.05, 4.69) is 76.7 Å². The average molecular weight is 278 g/mol. The van der Waals surface area contributed by atoms with Crippen molar-refractivity contribution in [3.8, 4) is 0 Å².